The first-order valence-electron chi connectivity index (χ1n) is 5.85. The number of halogens is 1. The smallest absolute Gasteiger partial charge is 0.179 e. The van der Waals surface area contributed by atoms with Crippen molar-refractivity contribution in [2.24, 2.45) is 0 Å². The highest BCUT2D eigenvalue weighted by molar-refractivity contribution is 6.32. The van der Waals surface area contributed by atoms with E-state index in [1.54, 1.807) is 12.4 Å². The summed E-state index contributed by atoms with van der Waals surface area (Å²) in [4.78, 5) is 7.23. The topological polar surface area (TPSA) is 47.1 Å². The molecule has 0 amide bonds. The van der Waals surface area contributed by atoms with Gasteiger partial charge in [-0.25, -0.2) is 4.98 Å². The molecular formula is C13H15ClN2O2. The molecule has 5 heteroatoms. The Hall–Kier alpha value is -1.68. The van der Waals surface area contributed by atoms with E-state index in [-0.39, 0.29) is 0 Å². The van der Waals surface area contributed by atoms with Crippen LogP contribution in [0, 0.1) is 0 Å². The fourth-order valence-corrected chi connectivity index (χ4v) is 1.94. The summed E-state index contributed by atoms with van der Waals surface area (Å²) in [5.41, 5.74) is 0.872. The summed E-state index contributed by atoms with van der Waals surface area (Å²) in [5.74, 6) is 1.97. The van der Waals surface area contributed by atoms with E-state index in [1.165, 1.54) is 0 Å². The van der Waals surface area contributed by atoms with E-state index in [9.17, 15) is 0 Å². The molecule has 0 saturated carbocycles. The van der Waals surface area contributed by atoms with Crippen molar-refractivity contribution in [2.45, 2.75) is 13.8 Å². The number of nitrogens with zero attached hydrogens (tertiary/aromatic N) is 1. The third-order valence-corrected chi connectivity index (χ3v) is 2.65. The summed E-state index contributed by atoms with van der Waals surface area (Å²) < 4.78 is 11.1. The highest BCUT2D eigenvalue weighted by Gasteiger charge is 2.13. The highest BCUT2D eigenvalue weighted by Crippen LogP contribution is 2.38. The first kappa shape index (κ1) is 12.8. The number of benzene rings is 1. The van der Waals surface area contributed by atoms with Gasteiger partial charge in [0.05, 0.1) is 18.2 Å². The average molecular weight is 267 g/mol. The first-order chi connectivity index (χ1) is 8.76. The van der Waals surface area contributed by atoms with Gasteiger partial charge in [-0.15, -0.1) is 0 Å². The van der Waals surface area contributed by atoms with Crippen LogP contribution in [0.3, 0.4) is 0 Å². The van der Waals surface area contributed by atoms with Crippen molar-refractivity contribution in [1.29, 1.82) is 0 Å². The number of H-pyrrole nitrogens is 1. The largest absolute Gasteiger partial charge is 0.490 e. The number of aromatic amines is 1. The lowest BCUT2D eigenvalue weighted by Crippen LogP contribution is -1.99. The van der Waals surface area contributed by atoms with Gasteiger partial charge in [0.1, 0.15) is 5.82 Å². The summed E-state index contributed by atoms with van der Waals surface area (Å²) in [6, 6.07) is 3.69. The molecular weight excluding hydrogens is 252 g/mol. The van der Waals surface area contributed by atoms with Crippen LogP contribution in [-0.4, -0.2) is 23.2 Å². The second-order valence-corrected chi connectivity index (χ2v) is 4.00. The average Bonchev–Trinajstić information content (AvgIpc) is 2.87. The molecule has 1 aromatic heterocycles. The molecule has 0 atom stereocenters. The Balaban J connectivity index is 2.46. The molecule has 18 heavy (non-hydrogen) atoms. The summed E-state index contributed by atoms with van der Waals surface area (Å²) in [5, 5.41) is 0.522. The zero-order valence-corrected chi connectivity index (χ0v) is 11.1. The van der Waals surface area contributed by atoms with E-state index >= 15 is 0 Å². The van der Waals surface area contributed by atoms with Crippen LogP contribution < -0.4 is 9.47 Å². The Morgan fingerprint density at radius 1 is 1.22 bits per heavy atom. The maximum atomic E-state index is 6.22. The van der Waals surface area contributed by atoms with Crippen molar-refractivity contribution in [3.8, 4) is 22.9 Å². The van der Waals surface area contributed by atoms with Gasteiger partial charge in [0.25, 0.3) is 0 Å². The van der Waals surface area contributed by atoms with Gasteiger partial charge in [-0.2, -0.15) is 0 Å². The number of hydrogen-bond acceptors (Lipinski definition) is 3. The Kier molecular flexibility index (Phi) is 4.10. The first-order valence-corrected chi connectivity index (χ1v) is 6.23. The Morgan fingerprint density at radius 3 is 2.61 bits per heavy atom. The minimum atomic E-state index is 0.522. The third-order valence-electron chi connectivity index (χ3n) is 2.37. The SMILES string of the molecule is CCOc1cc(-c2ncc[nH]2)cc(Cl)c1OCC. The summed E-state index contributed by atoms with van der Waals surface area (Å²) in [6.45, 7) is 4.92. The third kappa shape index (κ3) is 2.59. The van der Waals surface area contributed by atoms with Crippen molar-refractivity contribution in [3.05, 3.63) is 29.5 Å². The maximum Gasteiger partial charge on any atom is 0.179 e. The van der Waals surface area contributed by atoms with Gasteiger partial charge < -0.3 is 14.5 Å². The standard InChI is InChI=1S/C13H15ClN2O2/c1-3-17-11-8-9(13-15-5-6-16-13)7-10(14)12(11)18-4-2/h5-8H,3-4H2,1-2H3,(H,15,16). The lowest BCUT2D eigenvalue weighted by molar-refractivity contribution is 0.288. The molecule has 0 aliphatic carbocycles. The van der Waals surface area contributed by atoms with Crippen LogP contribution in [0.25, 0.3) is 11.4 Å². The van der Waals surface area contributed by atoms with Crippen molar-refractivity contribution in [1.82, 2.24) is 9.97 Å². The Labute approximate surface area is 111 Å². The van der Waals surface area contributed by atoms with Crippen molar-refractivity contribution >= 4 is 11.6 Å². The van der Waals surface area contributed by atoms with E-state index in [2.05, 4.69) is 9.97 Å². The van der Waals surface area contributed by atoms with E-state index in [4.69, 9.17) is 21.1 Å². The molecule has 1 aromatic carbocycles. The molecule has 2 rings (SSSR count). The predicted octanol–water partition coefficient (Wildman–Crippen LogP) is 3.53. The molecule has 96 valence electrons. The number of imidazole rings is 1. The van der Waals surface area contributed by atoms with Gasteiger partial charge in [0.15, 0.2) is 11.5 Å². The minimum Gasteiger partial charge on any atom is -0.490 e. The van der Waals surface area contributed by atoms with E-state index in [1.807, 2.05) is 26.0 Å². The number of ether oxygens (including phenoxy) is 2. The van der Waals surface area contributed by atoms with Gasteiger partial charge in [-0.1, -0.05) is 11.6 Å². The van der Waals surface area contributed by atoms with Crippen LogP contribution in [-0.2, 0) is 0 Å². The Morgan fingerprint density at radius 2 is 2.00 bits per heavy atom. The quantitative estimate of drug-likeness (QED) is 0.901. The highest BCUT2D eigenvalue weighted by atomic mass is 35.5. The summed E-state index contributed by atoms with van der Waals surface area (Å²) in [7, 11) is 0. The molecule has 0 fully saturated rings. The predicted molar refractivity (Wildman–Crippen MR) is 71.4 cm³/mol. The normalized spacial score (nSPS) is 10.4. The summed E-state index contributed by atoms with van der Waals surface area (Å²) in [6.07, 6.45) is 3.46. The molecule has 0 aliphatic heterocycles. The van der Waals surface area contributed by atoms with E-state index in [0.717, 1.165) is 11.4 Å². The van der Waals surface area contributed by atoms with Crippen molar-refractivity contribution in [2.75, 3.05) is 13.2 Å². The fraction of sp³-hybridized carbons (Fsp3) is 0.308. The van der Waals surface area contributed by atoms with Crippen molar-refractivity contribution < 1.29 is 9.47 Å². The second kappa shape index (κ2) is 5.78. The van der Waals surface area contributed by atoms with Crippen molar-refractivity contribution in [3.63, 3.8) is 0 Å². The molecule has 0 radical (unpaired) electrons. The molecule has 0 unspecified atom stereocenters. The fourth-order valence-electron chi connectivity index (χ4n) is 1.68. The van der Waals surface area contributed by atoms with Gasteiger partial charge in [0, 0.05) is 18.0 Å². The minimum absolute atomic E-state index is 0.522. The van der Waals surface area contributed by atoms with E-state index < -0.39 is 0 Å². The molecule has 2 aromatic rings. The van der Waals surface area contributed by atoms with Crippen LogP contribution in [0.1, 0.15) is 13.8 Å². The number of aromatic nitrogens is 2. The van der Waals surface area contributed by atoms with Gasteiger partial charge in [0.2, 0.25) is 0 Å². The van der Waals surface area contributed by atoms with Crippen LogP contribution in [0.4, 0.5) is 0 Å². The maximum absolute atomic E-state index is 6.22. The van der Waals surface area contributed by atoms with Gasteiger partial charge >= 0.3 is 0 Å². The molecule has 1 heterocycles. The summed E-state index contributed by atoms with van der Waals surface area (Å²) >= 11 is 6.22. The Bertz CT molecular complexity index is 512. The molecule has 0 bridgehead atoms. The zero-order chi connectivity index (χ0) is 13.0. The van der Waals surface area contributed by atoms with Gasteiger partial charge in [-0.3, -0.25) is 0 Å². The molecule has 1 N–H and O–H groups in total. The molecule has 0 saturated heterocycles. The number of hydrogen-bond donors (Lipinski definition) is 1. The zero-order valence-electron chi connectivity index (χ0n) is 10.4. The lowest BCUT2D eigenvalue weighted by atomic mass is 10.2. The molecule has 0 spiro atoms. The number of nitrogens with one attached hydrogen (secondary N) is 1. The molecule has 4 nitrogen and oxygen atoms in total. The van der Waals surface area contributed by atoms with Crippen LogP contribution in [0.15, 0.2) is 24.5 Å². The second-order valence-electron chi connectivity index (χ2n) is 3.59. The van der Waals surface area contributed by atoms with E-state index in [0.29, 0.717) is 29.7 Å². The van der Waals surface area contributed by atoms with Gasteiger partial charge in [-0.05, 0) is 26.0 Å². The number of rotatable bonds is 5. The van der Waals surface area contributed by atoms with Crippen LogP contribution in [0.2, 0.25) is 5.02 Å². The van der Waals surface area contributed by atoms with Crippen LogP contribution >= 0.6 is 11.6 Å². The molecule has 0 aliphatic rings. The van der Waals surface area contributed by atoms with Crippen LogP contribution in [0.5, 0.6) is 11.5 Å². The monoisotopic (exact) mass is 266 g/mol. The lowest BCUT2D eigenvalue weighted by Gasteiger charge is -2.13.